The highest BCUT2D eigenvalue weighted by Gasteiger charge is 2.54. The van der Waals surface area contributed by atoms with E-state index in [9.17, 15) is 19.2 Å². The topological polar surface area (TPSA) is 108 Å². The van der Waals surface area contributed by atoms with Crippen molar-refractivity contribution in [2.45, 2.75) is 31.7 Å². The Morgan fingerprint density at radius 3 is 2.96 bits per heavy atom. The molecule has 3 N–H and O–H groups in total. The third-order valence-corrected chi connectivity index (χ3v) is 5.21. The van der Waals surface area contributed by atoms with Crippen molar-refractivity contribution in [2.75, 3.05) is 13.1 Å². The van der Waals surface area contributed by atoms with E-state index < -0.39 is 36.0 Å². The SMILES string of the molecule is CCNC(=O)NC(=O)CN1C(=O)N[C@@]2(CCCc3sccc32)C1=O. The van der Waals surface area contributed by atoms with E-state index in [-0.39, 0.29) is 0 Å². The molecule has 2 heterocycles. The number of nitrogens with zero attached hydrogens (tertiary/aromatic N) is 1. The van der Waals surface area contributed by atoms with Crippen molar-refractivity contribution in [2.24, 2.45) is 0 Å². The number of aryl methyl sites for hydroxylation is 1. The van der Waals surface area contributed by atoms with Gasteiger partial charge in [-0.3, -0.25) is 19.8 Å². The smallest absolute Gasteiger partial charge is 0.325 e. The van der Waals surface area contributed by atoms with Crippen molar-refractivity contribution >= 4 is 35.2 Å². The molecular weight excluding hydrogens is 332 g/mol. The maximum atomic E-state index is 12.9. The zero-order valence-corrected chi connectivity index (χ0v) is 14.0. The van der Waals surface area contributed by atoms with Crippen molar-refractivity contribution in [3.63, 3.8) is 0 Å². The Kier molecular flexibility index (Phi) is 4.27. The number of amides is 6. The molecule has 0 aromatic carbocycles. The number of rotatable bonds is 3. The van der Waals surface area contributed by atoms with E-state index in [0.29, 0.717) is 13.0 Å². The summed E-state index contributed by atoms with van der Waals surface area (Å²) in [6.45, 7) is 1.60. The molecule has 1 fully saturated rings. The molecule has 0 saturated carbocycles. The van der Waals surface area contributed by atoms with Crippen molar-refractivity contribution < 1.29 is 19.2 Å². The predicted molar refractivity (Wildman–Crippen MR) is 86.4 cm³/mol. The summed E-state index contributed by atoms with van der Waals surface area (Å²) < 4.78 is 0. The van der Waals surface area contributed by atoms with Gasteiger partial charge in [0, 0.05) is 17.0 Å². The van der Waals surface area contributed by atoms with Crippen molar-refractivity contribution in [3.8, 4) is 0 Å². The summed E-state index contributed by atoms with van der Waals surface area (Å²) in [6.07, 6.45) is 2.18. The Balaban J connectivity index is 1.76. The van der Waals surface area contributed by atoms with Gasteiger partial charge in [-0.25, -0.2) is 9.59 Å². The second-order valence-electron chi connectivity index (χ2n) is 5.75. The first-order chi connectivity index (χ1) is 11.5. The first kappa shape index (κ1) is 16.4. The second kappa shape index (κ2) is 6.23. The molecule has 0 radical (unpaired) electrons. The fourth-order valence-electron chi connectivity index (χ4n) is 3.20. The van der Waals surface area contributed by atoms with Crippen LogP contribution >= 0.6 is 11.3 Å². The summed E-state index contributed by atoms with van der Waals surface area (Å²) in [4.78, 5) is 50.4. The first-order valence-electron chi connectivity index (χ1n) is 7.76. The van der Waals surface area contributed by atoms with Crippen molar-refractivity contribution in [1.29, 1.82) is 0 Å². The highest BCUT2D eigenvalue weighted by molar-refractivity contribution is 7.10. The Morgan fingerprint density at radius 2 is 2.21 bits per heavy atom. The lowest BCUT2D eigenvalue weighted by atomic mass is 9.80. The second-order valence-corrected chi connectivity index (χ2v) is 6.75. The molecule has 3 rings (SSSR count). The summed E-state index contributed by atoms with van der Waals surface area (Å²) in [6, 6.07) is 0.599. The number of hydrogen-bond donors (Lipinski definition) is 3. The van der Waals surface area contributed by atoms with Gasteiger partial charge in [0.05, 0.1) is 0 Å². The highest BCUT2D eigenvalue weighted by atomic mass is 32.1. The van der Waals surface area contributed by atoms with Crippen LogP contribution in [0.25, 0.3) is 0 Å². The van der Waals surface area contributed by atoms with Gasteiger partial charge in [-0.05, 0) is 37.6 Å². The molecule has 1 spiro atoms. The van der Waals surface area contributed by atoms with E-state index in [4.69, 9.17) is 0 Å². The minimum absolute atomic E-state index is 0.367. The molecule has 1 saturated heterocycles. The number of carbonyl (C=O) groups is 4. The Hall–Kier alpha value is -2.42. The number of carbonyl (C=O) groups excluding carboxylic acids is 4. The summed E-state index contributed by atoms with van der Waals surface area (Å²) in [5.41, 5.74) is -0.250. The standard InChI is InChI=1S/C15H18N4O4S/c1-2-16-13(22)17-11(20)8-19-12(21)15(18-14(19)23)6-3-4-10-9(15)5-7-24-10/h5,7H,2-4,6,8H2,1H3,(H,18,23)(H2,16,17,20,22)/t15-/m1/s1. The lowest BCUT2D eigenvalue weighted by Crippen LogP contribution is -2.48. The summed E-state index contributed by atoms with van der Waals surface area (Å²) in [7, 11) is 0. The van der Waals surface area contributed by atoms with Crippen LogP contribution in [0.1, 0.15) is 30.2 Å². The molecule has 1 aliphatic carbocycles. The largest absolute Gasteiger partial charge is 0.338 e. The van der Waals surface area contributed by atoms with Crippen LogP contribution < -0.4 is 16.0 Å². The third-order valence-electron chi connectivity index (χ3n) is 4.23. The van der Waals surface area contributed by atoms with E-state index in [0.717, 1.165) is 28.2 Å². The number of hydrogen-bond acceptors (Lipinski definition) is 5. The minimum Gasteiger partial charge on any atom is -0.338 e. The van der Waals surface area contributed by atoms with Gasteiger partial charge < -0.3 is 10.6 Å². The van der Waals surface area contributed by atoms with E-state index in [1.54, 1.807) is 18.3 Å². The molecule has 6 amide bonds. The van der Waals surface area contributed by atoms with Crippen LogP contribution in [-0.2, 0) is 21.5 Å². The van der Waals surface area contributed by atoms with Crippen LogP contribution in [0.3, 0.4) is 0 Å². The lowest BCUT2D eigenvalue weighted by molar-refractivity contribution is -0.135. The zero-order valence-electron chi connectivity index (χ0n) is 13.2. The van der Waals surface area contributed by atoms with Gasteiger partial charge in [-0.15, -0.1) is 11.3 Å². The molecule has 0 unspecified atom stereocenters. The Bertz CT molecular complexity index is 716. The number of urea groups is 2. The van der Waals surface area contributed by atoms with Gasteiger partial charge in [0.15, 0.2) is 0 Å². The Labute approximate surface area is 142 Å². The fourth-order valence-corrected chi connectivity index (χ4v) is 4.20. The molecule has 128 valence electrons. The van der Waals surface area contributed by atoms with Gasteiger partial charge in [0.25, 0.3) is 5.91 Å². The number of nitrogens with one attached hydrogen (secondary N) is 3. The predicted octanol–water partition coefficient (Wildman–Crippen LogP) is 0.677. The lowest BCUT2D eigenvalue weighted by Gasteiger charge is -2.31. The molecule has 1 atom stereocenters. The van der Waals surface area contributed by atoms with Crippen LogP contribution in [0.5, 0.6) is 0 Å². The van der Waals surface area contributed by atoms with Gasteiger partial charge in [0.2, 0.25) is 5.91 Å². The van der Waals surface area contributed by atoms with Crippen LogP contribution in [0.2, 0.25) is 0 Å². The van der Waals surface area contributed by atoms with Crippen LogP contribution in [0, 0.1) is 0 Å². The van der Waals surface area contributed by atoms with Gasteiger partial charge in [-0.1, -0.05) is 0 Å². The van der Waals surface area contributed by atoms with Gasteiger partial charge in [-0.2, -0.15) is 0 Å². The molecule has 1 aliphatic heterocycles. The molecule has 2 aliphatic rings. The molecular formula is C15H18N4O4S. The summed E-state index contributed by atoms with van der Waals surface area (Å²) in [5, 5.41) is 9.17. The third kappa shape index (κ3) is 2.64. The number of fused-ring (bicyclic) bond motifs is 2. The van der Waals surface area contributed by atoms with E-state index >= 15 is 0 Å². The van der Waals surface area contributed by atoms with E-state index in [1.165, 1.54) is 0 Å². The normalized spacial score (nSPS) is 22.3. The number of thiophene rings is 1. The average molecular weight is 350 g/mol. The molecule has 24 heavy (non-hydrogen) atoms. The van der Waals surface area contributed by atoms with Crippen LogP contribution in [0.15, 0.2) is 11.4 Å². The van der Waals surface area contributed by atoms with Gasteiger partial charge >= 0.3 is 12.1 Å². The van der Waals surface area contributed by atoms with Crippen LogP contribution in [-0.4, -0.2) is 41.9 Å². The van der Waals surface area contributed by atoms with Crippen molar-refractivity contribution in [3.05, 3.63) is 21.9 Å². The maximum absolute atomic E-state index is 12.9. The highest BCUT2D eigenvalue weighted by Crippen LogP contribution is 2.41. The maximum Gasteiger partial charge on any atom is 0.325 e. The number of imide groups is 2. The van der Waals surface area contributed by atoms with Crippen molar-refractivity contribution in [1.82, 2.24) is 20.9 Å². The van der Waals surface area contributed by atoms with Crippen LogP contribution in [0.4, 0.5) is 9.59 Å². The summed E-state index contributed by atoms with van der Waals surface area (Å²) >= 11 is 1.56. The quantitative estimate of drug-likeness (QED) is 0.697. The molecule has 0 bridgehead atoms. The van der Waals surface area contributed by atoms with Gasteiger partial charge in [0.1, 0.15) is 12.1 Å². The molecule has 9 heteroatoms. The molecule has 1 aromatic rings. The molecule has 8 nitrogen and oxygen atoms in total. The summed E-state index contributed by atoms with van der Waals surface area (Å²) in [5.74, 6) is -1.14. The van der Waals surface area contributed by atoms with E-state index in [2.05, 4.69) is 16.0 Å². The molecule has 1 aromatic heterocycles. The zero-order chi connectivity index (χ0) is 17.3. The first-order valence-corrected chi connectivity index (χ1v) is 8.64. The average Bonchev–Trinajstić information content (AvgIpc) is 3.09. The fraction of sp³-hybridized carbons (Fsp3) is 0.467. The van der Waals surface area contributed by atoms with E-state index in [1.807, 2.05) is 11.4 Å². The minimum atomic E-state index is -1.07. The Morgan fingerprint density at radius 1 is 1.42 bits per heavy atom. The monoisotopic (exact) mass is 350 g/mol.